The molecule has 2 aliphatic rings. The zero-order valence-electron chi connectivity index (χ0n) is 22.4. The van der Waals surface area contributed by atoms with Gasteiger partial charge in [0.1, 0.15) is 0 Å². The van der Waals surface area contributed by atoms with E-state index in [1.54, 1.807) is 18.2 Å². The first kappa shape index (κ1) is 31.6. The standard InChI is InChI=1S/C16H22Cl2N4O.C12H23NO/c17-14-2-1-13(9-15(14)18)20-16(23)22-7-5-21(6-8-22)11-12-3-4-19-10-12;1-3-4-6-9-12(2,14)10-7-5-8-11-13/h1-2,9,12,19H,3-8,10-11H2,(H,20,23);7,10-11,13-14H,3-6,8-9H2,1-2H3/b;10-7+,13-11?. The number of unbranched alkanes of at least 4 members (excludes halogenated alkanes) is 3. The lowest BCUT2D eigenvalue weighted by Gasteiger charge is -2.35. The van der Waals surface area contributed by atoms with Crippen LogP contribution in [-0.2, 0) is 0 Å². The van der Waals surface area contributed by atoms with E-state index >= 15 is 0 Å². The van der Waals surface area contributed by atoms with E-state index in [1.165, 1.54) is 25.5 Å². The molecule has 2 unspecified atom stereocenters. The number of hydrogen-bond donors (Lipinski definition) is 4. The van der Waals surface area contributed by atoms with Gasteiger partial charge in [0, 0.05) is 38.4 Å². The fourth-order valence-corrected chi connectivity index (χ4v) is 4.78. The Morgan fingerprint density at radius 2 is 1.97 bits per heavy atom. The molecule has 2 aliphatic heterocycles. The Bertz CT molecular complexity index is 851. The second-order valence-corrected chi connectivity index (χ2v) is 11.0. The third-order valence-corrected chi connectivity index (χ3v) is 7.49. The quantitative estimate of drug-likeness (QED) is 0.152. The van der Waals surface area contributed by atoms with Gasteiger partial charge >= 0.3 is 6.03 Å². The maximum absolute atomic E-state index is 12.3. The maximum Gasteiger partial charge on any atom is 0.321 e. The molecule has 2 amide bonds. The highest BCUT2D eigenvalue weighted by molar-refractivity contribution is 6.42. The molecule has 0 aromatic heterocycles. The van der Waals surface area contributed by atoms with Crippen molar-refractivity contribution in [3.05, 3.63) is 40.4 Å². The summed E-state index contributed by atoms with van der Waals surface area (Å²) in [5.74, 6) is 0.756. The third-order valence-electron chi connectivity index (χ3n) is 6.75. The zero-order chi connectivity index (χ0) is 27.1. The van der Waals surface area contributed by atoms with E-state index in [0.29, 0.717) is 15.7 Å². The van der Waals surface area contributed by atoms with Crippen molar-refractivity contribution in [2.75, 3.05) is 51.1 Å². The number of nitrogens with one attached hydrogen (secondary N) is 3. The van der Waals surface area contributed by atoms with Crippen LogP contribution in [-0.4, -0.2) is 78.6 Å². The van der Waals surface area contributed by atoms with Crippen LogP contribution < -0.4 is 10.6 Å². The predicted molar refractivity (Wildman–Crippen MR) is 156 cm³/mol. The van der Waals surface area contributed by atoms with Gasteiger partial charge in [-0.2, -0.15) is 0 Å². The molecule has 7 nitrogen and oxygen atoms in total. The highest BCUT2D eigenvalue weighted by Crippen LogP contribution is 2.25. The number of carbonyl (C=O) groups excluding carboxylic acids is 1. The van der Waals surface area contributed by atoms with Crippen LogP contribution in [0.25, 0.3) is 0 Å². The number of aliphatic hydroxyl groups is 1. The highest BCUT2D eigenvalue weighted by Gasteiger charge is 2.24. The fraction of sp³-hybridized carbons (Fsp3) is 0.643. The zero-order valence-corrected chi connectivity index (χ0v) is 24.0. The normalized spacial score (nSPS) is 19.8. The maximum atomic E-state index is 12.3. The Morgan fingerprint density at radius 3 is 2.59 bits per heavy atom. The van der Waals surface area contributed by atoms with Crippen LogP contribution in [0.1, 0.15) is 58.8 Å². The summed E-state index contributed by atoms with van der Waals surface area (Å²) in [6.07, 6.45) is 12.4. The van der Waals surface area contributed by atoms with Gasteiger partial charge in [-0.05, 0) is 76.0 Å². The van der Waals surface area contributed by atoms with Crippen LogP contribution in [0.3, 0.4) is 0 Å². The molecule has 2 atom stereocenters. The van der Waals surface area contributed by atoms with Gasteiger partial charge in [0.25, 0.3) is 0 Å². The van der Waals surface area contributed by atoms with Crippen molar-refractivity contribution < 1.29 is 9.90 Å². The van der Waals surface area contributed by atoms with Crippen LogP contribution in [0.15, 0.2) is 30.4 Å². The molecule has 2 heterocycles. The molecule has 37 heavy (non-hydrogen) atoms. The molecule has 0 radical (unpaired) electrons. The number of allylic oxidation sites excluding steroid dienone is 1. The first-order valence-corrected chi connectivity index (χ1v) is 14.3. The average molecular weight is 555 g/mol. The van der Waals surface area contributed by atoms with E-state index < -0.39 is 5.60 Å². The third kappa shape index (κ3) is 12.6. The minimum atomic E-state index is -0.656. The molecule has 208 valence electrons. The van der Waals surface area contributed by atoms with Gasteiger partial charge in [0.15, 0.2) is 0 Å². The van der Waals surface area contributed by atoms with E-state index in [9.17, 15) is 9.90 Å². The number of rotatable bonds is 11. The van der Waals surface area contributed by atoms with E-state index in [1.807, 2.05) is 24.0 Å². The van der Waals surface area contributed by atoms with Crippen LogP contribution in [0.2, 0.25) is 10.0 Å². The topological polar surface area (TPSA) is 91.7 Å². The Balaban J connectivity index is 0.000000298. The summed E-state index contributed by atoms with van der Waals surface area (Å²) in [5, 5.41) is 24.0. The summed E-state index contributed by atoms with van der Waals surface area (Å²) < 4.78 is 0. The molecule has 2 saturated heterocycles. The lowest BCUT2D eigenvalue weighted by Crippen LogP contribution is -2.51. The van der Waals surface area contributed by atoms with Crippen molar-refractivity contribution in [2.45, 2.75) is 64.4 Å². The monoisotopic (exact) mass is 553 g/mol. The molecule has 3 rings (SSSR count). The number of halogens is 2. The Kier molecular flexibility index (Phi) is 14.5. The predicted octanol–water partition coefficient (Wildman–Crippen LogP) is 6.06. The van der Waals surface area contributed by atoms with Crippen LogP contribution in [0.5, 0.6) is 0 Å². The summed E-state index contributed by atoms with van der Waals surface area (Å²) in [5.41, 5.74) is 0.0147. The van der Waals surface area contributed by atoms with Gasteiger partial charge in [-0.3, -0.25) is 4.90 Å². The van der Waals surface area contributed by atoms with Crippen LogP contribution in [0, 0.1) is 11.3 Å². The molecule has 1 aromatic rings. The summed E-state index contributed by atoms with van der Waals surface area (Å²) in [7, 11) is 0. The van der Waals surface area contributed by atoms with Gasteiger partial charge < -0.3 is 26.0 Å². The lowest BCUT2D eigenvalue weighted by molar-refractivity contribution is 0.0983. The Hall–Kier alpha value is -1.64. The molecule has 4 N–H and O–H groups in total. The van der Waals surface area contributed by atoms with Crippen molar-refractivity contribution in [2.24, 2.45) is 5.92 Å². The van der Waals surface area contributed by atoms with Crippen molar-refractivity contribution >= 4 is 41.1 Å². The fourth-order valence-electron chi connectivity index (χ4n) is 4.48. The molecule has 1 aromatic carbocycles. The first-order valence-electron chi connectivity index (χ1n) is 13.6. The molecular weight excluding hydrogens is 509 g/mol. The first-order chi connectivity index (χ1) is 17.7. The molecule has 9 heteroatoms. The molecule has 0 spiro atoms. The van der Waals surface area contributed by atoms with Crippen LogP contribution >= 0.6 is 23.2 Å². The number of urea groups is 1. The minimum absolute atomic E-state index is 0.0782. The van der Waals surface area contributed by atoms with Crippen molar-refractivity contribution in [1.82, 2.24) is 15.1 Å². The smallest absolute Gasteiger partial charge is 0.321 e. The number of nitrogens with zero attached hydrogens (tertiary/aromatic N) is 2. The molecular formula is C28H45Cl2N5O2. The Labute approximate surface area is 233 Å². The lowest BCUT2D eigenvalue weighted by atomic mass is 9.97. The molecule has 0 saturated carbocycles. The highest BCUT2D eigenvalue weighted by atomic mass is 35.5. The van der Waals surface area contributed by atoms with Gasteiger partial charge in [0.05, 0.1) is 15.6 Å². The second kappa shape index (κ2) is 17.0. The number of hydrogen-bond acceptors (Lipinski definition) is 5. The number of carbonyl (C=O) groups is 1. The van der Waals surface area contributed by atoms with E-state index in [0.717, 1.165) is 77.4 Å². The van der Waals surface area contributed by atoms with Crippen molar-refractivity contribution in [3.63, 3.8) is 0 Å². The average Bonchev–Trinajstić information content (AvgIpc) is 3.38. The summed E-state index contributed by atoms with van der Waals surface area (Å²) in [6, 6.07) is 5.04. The number of anilines is 1. The summed E-state index contributed by atoms with van der Waals surface area (Å²) in [6.45, 7) is 10.8. The molecule has 2 fully saturated rings. The van der Waals surface area contributed by atoms with Gasteiger partial charge in [-0.15, -0.1) is 0 Å². The van der Waals surface area contributed by atoms with Gasteiger partial charge in [-0.1, -0.05) is 61.5 Å². The number of benzene rings is 1. The van der Waals surface area contributed by atoms with Crippen molar-refractivity contribution in [1.29, 1.82) is 5.41 Å². The van der Waals surface area contributed by atoms with E-state index in [4.69, 9.17) is 28.6 Å². The van der Waals surface area contributed by atoms with Gasteiger partial charge in [-0.25, -0.2) is 4.79 Å². The van der Waals surface area contributed by atoms with E-state index in [-0.39, 0.29) is 6.03 Å². The Morgan fingerprint density at radius 1 is 1.22 bits per heavy atom. The molecule has 0 bridgehead atoms. The SMILES string of the molecule is CCCCCC(C)(O)/C=C/CCC=N.O=C(Nc1ccc(Cl)c(Cl)c1)N1CCN(CC2CCNC2)CC1. The van der Waals surface area contributed by atoms with Crippen molar-refractivity contribution in [3.8, 4) is 0 Å². The largest absolute Gasteiger partial charge is 0.386 e. The van der Waals surface area contributed by atoms with Gasteiger partial charge in [0.2, 0.25) is 0 Å². The number of piperazine rings is 1. The van der Waals surface area contributed by atoms with E-state index in [2.05, 4.69) is 22.5 Å². The number of amides is 2. The molecule has 0 aliphatic carbocycles. The summed E-state index contributed by atoms with van der Waals surface area (Å²) >= 11 is 11.9. The second-order valence-electron chi connectivity index (χ2n) is 10.2. The van der Waals surface area contributed by atoms with Crippen LogP contribution in [0.4, 0.5) is 10.5 Å². The summed E-state index contributed by atoms with van der Waals surface area (Å²) in [4.78, 5) is 16.6. The minimum Gasteiger partial charge on any atom is -0.386 e.